The minimum atomic E-state index is -1.17. The van der Waals surface area contributed by atoms with Crippen molar-refractivity contribution in [3.63, 3.8) is 0 Å². The summed E-state index contributed by atoms with van der Waals surface area (Å²) < 4.78 is 1.69. The highest BCUT2D eigenvalue weighted by atomic mass is 35.5. The van der Waals surface area contributed by atoms with Crippen molar-refractivity contribution >= 4 is 34.9 Å². The Morgan fingerprint density at radius 3 is 2.71 bits per heavy atom. The first kappa shape index (κ1) is 19.6. The molecule has 2 aromatic carbocycles. The summed E-state index contributed by atoms with van der Waals surface area (Å²) in [5.74, 6) is 0.109. The summed E-state index contributed by atoms with van der Waals surface area (Å²) >= 11 is 6.32. The van der Waals surface area contributed by atoms with Crippen LogP contribution in [0.4, 0.5) is 11.5 Å². The molecule has 1 N–H and O–H groups in total. The third-order valence-corrected chi connectivity index (χ3v) is 6.51. The van der Waals surface area contributed by atoms with E-state index < -0.39 is 5.41 Å². The van der Waals surface area contributed by atoms with Crippen LogP contribution < -0.4 is 10.2 Å². The van der Waals surface area contributed by atoms with Crippen LogP contribution in [0.25, 0.3) is 5.69 Å². The molecule has 1 aromatic heterocycles. The highest BCUT2D eigenvalue weighted by Gasteiger charge is 2.57. The maximum atomic E-state index is 13.8. The van der Waals surface area contributed by atoms with E-state index in [1.165, 1.54) is 5.56 Å². The maximum absolute atomic E-state index is 13.8. The molecule has 3 aromatic rings. The molecule has 6 nitrogen and oxygen atoms in total. The maximum Gasteiger partial charge on any atom is 0.243 e. The molecule has 2 amide bonds. The first-order chi connectivity index (χ1) is 14.9. The van der Waals surface area contributed by atoms with Crippen LogP contribution in [-0.2, 0) is 15.0 Å². The number of amides is 2. The van der Waals surface area contributed by atoms with E-state index in [1.54, 1.807) is 34.0 Å². The normalized spacial score (nSPS) is 19.4. The van der Waals surface area contributed by atoms with Gasteiger partial charge >= 0.3 is 0 Å². The summed E-state index contributed by atoms with van der Waals surface area (Å²) in [6, 6.07) is 11.4. The molecule has 0 unspecified atom stereocenters. The Hall–Kier alpha value is -3.38. The van der Waals surface area contributed by atoms with Crippen molar-refractivity contribution in [1.82, 2.24) is 9.78 Å². The van der Waals surface area contributed by atoms with Gasteiger partial charge in [-0.25, -0.2) is 4.68 Å². The fraction of sp³-hybridized carbons (Fsp3) is 0.208. The zero-order chi connectivity index (χ0) is 21.9. The van der Waals surface area contributed by atoms with Crippen molar-refractivity contribution in [3.8, 4) is 5.69 Å². The van der Waals surface area contributed by atoms with Gasteiger partial charge < -0.3 is 10.2 Å². The number of nitrogens with zero attached hydrogens (tertiary/aromatic N) is 3. The lowest BCUT2D eigenvalue weighted by Crippen LogP contribution is -2.46. The molecule has 156 valence electrons. The monoisotopic (exact) mass is 432 g/mol. The van der Waals surface area contributed by atoms with Gasteiger partial charge in [-0.05, 0) is 60.9 Å². The minimum absolute atomic E-state index is 0.00155. The third-order valence-electron chi connectivity index (χ3n) is 6.28. The average Bonchev–Trinajstić information content (AvgIpc) is 3.25. The van der Waals surface area contributed by atoms with E-state index >= 15 is 0 Å². The number of fused-ring (bicyclic) bond motifs is 4. The number of rotatable bonds is 3. The van der Waals surface area contributed by atoms with Crippen LogP contribution in [-0.4, -0.2) is 28.1 Å². The first-order valence-electron chi connectivity index (χ1n) is 10.1. The van der Waals surface area contributed by atoms with Crippen molar-refractivity contribution in [2.75, 3.05) is 16.8 Å². The predicted octanol–water partition coefficient (Wildman–Crippen LogP) is 4.30. The number of benzene rings is 2. The van der Waals surface area contributed by atoms with Gasteiger partial charge in [-0.15, -0.1) is 6.58 Å². The fourth-order valence-electron chi connectivity index (χ4n) is 4.63. The number of hydrogen-bond acceptors (Lipinski definition) is 3. The zero-order valence-corrected chi connectivity index (χ0v) is 18.0. The number of carbonyl (C=O) groups is 2. The predicted molar refractivity (Wildman–Crippen MR) is 121 cm³/mol. The largest absolute Gasteiger partial charge is 0.310 e. The van der Waals surface area contributed by atoms with Crippen LogP contribution in [0.15, 0.2) is 55.3 Å². The number of carbonyl (C=O) groups excluding carboxylic acids is 2. The lowest BCUT2D eigenvalue weighted by Gasteiger charge is -2.32. The lowest BCUT2D eigenvalue weighted by molar-refractivity contribution is -0.126. The number of aromatic nitrogens is 2. The lowest BCUT2D eigenvalue weighted by atomic mass is 9.72. The van der Waals surface area contributed by atoms with E-state index in [0.717, 1.165) is 22.5 Å². The van der Waals surface area contributed by atoms with Gasteiger partial charge in [0.25, 0.3) is 0 Å². The molecule has 7 heteroatoms. The van der Waals surface area contributed by atoms with Gasteiger partial charge in [-0.3, -0.25) is 9.59 Å². The molecule has 0 radical (unpaired) electrons. The summed E-state index contributed by atoms with van der Waals surface area (Å²) in [6.45, 7) is 8.20. The molecule has 0 fully saturated rings. The molecule has 2 aliphatic heterocycles. The van der Waals surface area contributed by atoms with Crippen molar-refractivity contribution in [3.05, 3.63) is 82.5 Å². The molecular formula is C24H21ClN4O2. The van der Waals surface area contributed by atoms with Crippen molar-refractivity contribution < 1.29 is 9.59 Å². The molecule has 5 rings (SSSR count). The molecule has 1 atom stereocenters. The molecular weight excluding hydrogens is 412 g/mol. The summed E-state index contributed by atoms with van der Waals surface area (Å²) in [5.41, 5.74) is 4.08. The summed E-state index contributed by atoms with van der Waals surface area (Å²) in [4.78, 5) is 28.4. The van der Waals surface area contributed by atoms with Gasteiger partial charge in [0.05, 0.1) is 11.9 Å². The van der Waals surface area contributed by atoms with Crippen molar-refractivity contribution in [1.29, 1.82) is 0 Å². The second-order valence-electron chi connectivity index (χ2n) is 8.08. The summed E-state index contributed by atoms with van der Waals surface area (Å²) in [6.07, 6.45) is 3.36. The molecule has 0 aliphatic carbocycles. The SMILES string of the molecule is C=CCN1C(=O)[C@@]2(CC(=O)Nc3c2cnn3-c2ccc(C)c(C)c2)c2cc(Cl)ccc21. The van der Waals surface area contributed by atoms with Crippen LogP contribution in [0.2, 0.25) is 5.02 Å². The molecule has 1 spiro atoms. The van der Waals surface area contributed by atoms with Gasteiger partial charge in [0, 0.05) is 29.2 Å². The summed E-state index contributed by atoms with van der Waals surface area (Å²) in [5, 5.41) is 8.03. The number of halogens is 1. The Morgan fingerprint density at radius 2 is 1.97 bits per heavy atom. The molecule has 0 saturated heterocycles. The first-order valence-corrected chi connectivity index (χ1v) is 10.4. The van der Waals surface area contributed by atoms with E-state index in [4.69, 9.17) is 11.6 Å². The average molecular weight is 433 g/mol. The van der Waals surface area contributed by atoms with Crippen molar-refractivity contribution in [2.45, 2.75) is 25.7 Å². The number of anilines is 2. The van der Waals surface area contributed by atoms with Gasteiger partial charge in [-0.1, -0.05) is 23.7 Å². The molecule has 2 aliphatic rings. The molecule has 0 bridgehead atoms. The number of aryl methyl sites for hydroxylation is 2. The Bertz CT molecular complexity index is 1280. The number of nitrogens with one attached hydrogen (secondary N) is 1. The van der Waals surface area contributed by atoms with E-state index in [0.29, 0.717) is 22.9 Å². The second kappa shape index (κ2) is 6.82. The van der Waals surface area contributed by atoms with Gasteiger partial charge in [0.2, 0.25) is 11.8 Å². The highest BCUT2D eigenvalue weighted by Crippen LogP contribution is 2.53. The van der Waals surface area contributed by atoms with E-state index in [9.17, 15) is 9.59 Å². The zero-order valence-electron chi connectivity index (χ0n) is 17.3. The topological polar surface area (TPSA) is 67.2 Å². The van der Waals surface area contributed by atoms with E-state index in [1.807, 2.05) is 38.1 Å². The van der Waals surface area contributed by atoms with Gasteiger partial charge in [0.15, 0.2) is 0 Å². The Labute approximate surface area is 185 Å². The minimum Gasteiger partial charge on any atom is -0.310 e. The quantitative estimate of drug-likeness (QED) is 0.627. The molecule has 3 heterocycles. The van der Waals surface area contributed by atoms with Crippen molar-refractivity contribution in [2.24, 2.45) is 0 Å². The van der Waals surface area contributed by atoms with E-state index in [2.05, 4.69) is 17.0 Å². The smallest absolute Gasteiger partial charge is 0.243 e. The van der Waals surface area contributed by atoms with Crippen LogP contribution in [0.1, 0.15) is 28.7 Å². The Morgan fingerprint density at radius 1 is 1.16 bits per heavy atom. The van der Waals surface area contributed by atoms with E-state index in [-0.39, 0.29) is 18.2 Å². The molecule has 0 saturated carbocycles. The van der Waals surface area contributed by atoms with Crippen LogP contribution in [0.3, 0.4) is 0 Å². The summed E-state index contributed by atoms with van der Waals surface area (Å²) in [7, 11) is 0. The third kappa shape index (κ3) is 2.68. The standard InChI is InChI=1S/C24H21ClN4O2/c1-4-9-28-20-8-6-16(25)11-18(20)24(23(28)31)12-21(30)27-22-19(24)13-26-29(22)17-7-5-14(2)15(3)10-17/h4-8,10-11,13H,1,9,12H2,2-3H3,(H,27,30)/t24-/m0/s1. The highest BCUT2D eigenvalue weighted by molar-refractivity contribution is 6.31. The van der Waals surface area contributed by atoms with Crippen LogP contribution in [0, 0.1) is 13.8 Å². The Balaban J connectivity index is 1.76. The molecule has 31 heavy (non-hydrogen) atoms. The van der Waals surface area contributed by atoms with Crippen LogP contribution in [0.5, 0.6) is 0 Å². The fourth-order valence-corrected chi connectivity index (χ4v) is 4.80. The number of hydrogen-bond donors (Lipinski definition) is 1. The van der Waals surface area contributed by atoms with Gasteiger partial charge in [-0.2, -0.15) is 5.10 Å². The van der Waals surface area contributed by atoms with Crippen LogP contribution >= 0.6 is 11.6 Å². The Kier molecular flexibility index (Phi) is 4.31. The van der Waals surface area contributed by atoms with Gasteiger partial charge in [0.1, 0.15) is 11.2 Å². The second-order valence-corrected chi connectivity index (χ2v) is 8.52.